The number of aromatic nitrogens is 2. The first-order chi connectivity index (χ1) is 9.72. The number of nitrogens with zero attached hydrogens (tertiary/aromatic N) is 2. The van der Waals surface area contributed by atoms with Gasteiger partial charge in [-0.05, 0) is 37.1 Å². The minimum absolute atomic E-state index is 0.634. The summed E-state index contributed by atoms with van der Waals surface area (Å²) >= 11 is 1.48. The lowest BCUT2D eigenvalue weighted by atomic mass is 10.1. The Labute approximate surface area is 121 Å². The second-order valence-corrected chi connectivity index (χ2v) is 5.12. The van der Waals surface area contributed by atoms with E-state index in [4.69, 9.17) is 11.2 Å². The van der Waals surface area contributed by atoms with E-state index in [1.807, 2.05) is 30.5 Å². The molecule has 0 N–H and O–H groups in total. The predicted octanol–water partition coefficient (Wildman–Crippen LogP) is 3.46. The number of fused-ring (bicyclic) bond motifs is 1. The fraction of sp³-hybridized carbons (Fsp3) is 0.125. The van der Waals surface area contributed by atoms with E-state index in [0.717, 1.165) is 32.9 Å². The van der Waals surface area contributed by atoms with Gasteiger partial charge in [-0.2, -0.15) is 0 Å². The average Bonchev–Trinajstić information content (AvgIpc) is 2.96. The molecule has 3 rings (SSSR count). The largest absolute Gasteiger partial charge is 0.496 e. The Balaban J connectivity index is 2.19. The van der Waals surface area contributed by atoms with Crippen LogP contribution in [0.5, 0.6) is 5.75 Å². The Hall–Kier alpha value is -2.38. The van der Waals surface area contributed by atoms with Gasteiger partial charge in [0.25, 0.3) is 0 Å². The summed E-state index contributed by atoms with van der Waals surface area (Å²) in [6.45, 7) is 1.99. The number of terminal acetylenes is 1. The van der Waals surface area contributed by atoms with E-state index in [-0.39, 0.29) is 0 Å². The Morgan fingerprint density at radius 1 is 1.35 bits per heavy atom. The van der Waals surface area contributed by atoms with Gasteiger partial charge in [-0.25, -0.2) is 9.97 Å². The number of thiazole rings is 1. The van der Waals surface area contributed by atoms with Crippen LogP contribution in [0.15, 0.2) is 23.6 Å². The summed E-state index contributed by atoms with van der Waals surface area (Å²) in [7, 11) is 1.65. The smallest absolute Gasteiger partial charge is 0.143 e. The highest BCUT2D eigenvalue weighted by molar-refractivity contribution is 7.13. The molecule has 0 amide bonds. The number of hydrogen-bond acceptors (Lipinski definition) is 4. The summed E-state index contributed by atoms with van der Waals surface area (Å²) in [6, 6.07) is 8.95. The zero-order valence-electron chi connectivity index (χ0n) is 11.1. The van der Waals surface area contributed by atoms with Crippen molar-refractivity contribution in [2.45, 2.75) is 6.92 Å². The highest BCUT2D eigenvalue weighted by Crippen LogP contribution is 2.29. The molecule has 0 fully saturated rings. The number of rotatable bonds is 2. The summed E-state index contributed by atoms with van der Waals surface area (Å²) in [5, 5.41) is 3.61. The van der Waals surface area contributed by atoms with Gasteiger partial charge < -0.3 is 4.74 Å². The molecular weight excluding hydrogens is 268 g/mol. The van der Waals surface area contributed by atoms with Gasteiger partial charge in [0.15, 0.2) is 0 Å². The van der Waals surface area contributed by atoms with Gasteiger partial charge in [-0.3, -0.25) is 0 Å². The predicted molar refractivity (Wildman–Crippen MR) is 80.9 cm³/mol. The summed E-state index contributed by atoms with van der Waals surface area (Å²) < 4.78 is 5.33. The fourth-order valence-electron chi connectivity index (χ4n) is 2.03. The molecule has 20 heavy (non-hydrogen) atoms. The van der Waals surface area contributed by atoms with E-state index in [9.17, 15) is 0 Å². The topological polar surface area (TPSA) is 35.0 Å². The Bertz CT molecular complexity index is 830. The number of pyridine rings is 1. The molecule has 0 aliphatic rings. The SMILES string of the molecule is C#Cc1csc(-c2c[c]c3ccc(OC)c(C)c3n2)n1. The third kappa shape index (κ3) is 2.02. The van der Waals surface area contributed by atoms with Crippen LogP contribution in [-0.2, 0) is 0 Å². The molecular formula is C16H11N2OS. The lowest BCUT2D eigenvalue weighted by molar-refractivity contribution is 0.412. The van der Waals surface area contributed by atoms with Gasteiger partial charge in [0.1, 0.15) is 22.1 Å². The van der Waals surface area contributed by atoms with Gasteiger partial charge >= 0.3 is 0 Å². The first-order valence-corrected chi connectivity index (χ1v) is 6.89. The number of hydrogen-bond donors (Lipinski definition) is 0. The van der Waals surface area contributed by atoms with Crippen LogP contribution in [-0.4, -0.2) is 17.1 Å². The van der Waals surface area contributed by atoms with Gasteiger partial charge in [-0.15, -0.1) is 17.8 Å². The zero-order chi connectivity index (χ0) is 14.1. The molecule has 2 aromatic heterocycles. The van der Waals surface area contributed by atoms with Crippen LogP contribution in [0.1, 0.15) is 11.3 Å². The first kappa shape index (κ1) is 12.6. The van der Waals surface area contributed by atoms with Crippen LogP contribution in [0.3, 0.4) is 0 Å². The summed E-state index contributed by atoms with van der Waals surface area (Å²) in [6.07, 6.45) is 5.34. The van der Waals surface area contributed by atoms with Crippen molar-refractivity contribution < 1.29 is 4.74 Å². The molecule has 97 valence electrons. The first-order valence-electron chi connectivity index (χ1n) is 6.01. The molecule has 1 aromatic carbocycles. The molecule has 3 aromatic rings. The van der Waals surface area contributed by atoms with E-state index in [1.54, 1.807) is 7.11 Å². The van der Waals surface area contributed by atoms with Gasteiger partial charge in [-0.1, -0.05) is 0 Å². The minimum atomic E-state index is 0.634. The third-order valence-electron chi connectivity index (χ3n) is 3.07. The van der Waals surface area contributed by atoms with Crippen LogP contribution in [0.2, 0.25) is 0 Å². The van der Waals surface area contributed by atoms with E-state index in [1.165, 1.54) is 11.3 Å². The standard InChI is InChI=1S/C16H11N2OS/c1-4-12-9-20-16(17-12)13-7-5-11-6-8-14(19-3)10(2)15(11)18-13/h1,6-9H,2-3H3. The molecule has 1 radical (unpaired) electrons. The summed E-state index contributed by atoms with van der Waals surface area (Å²) in [5.74, 6) is 3.34. The summed E-state index contributed by atoms with van der Waals surface area (Å²) in [4.78, 5) is 9.02. The van der Waals surface area contributed by atoms with Gasteiger partial charge in [0.2, 0.25) is 0 Å². The van der Waals surface area contributed by atoms with Crippen molar-refractivity contribution in [2.75, 3.05) is 7.11 Å². The number of ether oxygens (including phenoxy) is 1. The third-order valence-corrected chi connectivity index (χ3v) is 3.93. The van der Waals surface area contributed by atoms with E-state index >= 15 is 0 Å². The maximum absolute atomic E-state index is 5.34. The lowest BCUT2D eigenvalue weighted by Crippen LogP contribution is -1.92. The normalized spacial score (nSPS) is 10.4. The molecule has 0 bridgehead atoms. The maximum Gasteiger partial charge on any atom is 0.143 e. The van der Waals surface area contributed by atoms with Crippen molar-refractivity contribution in [3.63, 3.8) is 0 Å². The summed E-state index contributed by atoms with van der Waals surface area (Å²) in [5.41, 5.74) is 3.28. The maximum atomic E-state index is 5.34. The molecule has 3 nitrogen and oxygen atoms in total. The molecule has 0 saturated heterocycles. The number of aryl methyl sites for hydroxylation is 1. The van der Waals surface area contributed by atoms with Crippen LogP contribution in [0.25, 0.3) is 21.6 Å². The molecule has 0 atom stereocenters. The van der Waals surface area contributed by atoms with E-state index in [0.29, 0.717) is 5.69 Å². The van der Waals surface area contributed by atoms with Crippen molar-refractivity contribution in [1.29, 1.82) is 0 Å². The van der Waals surface area contributed by atoms with Gasteiger partial charge in [0.05, 0.1) is 12.6 Å². The average molecular weight is 279 g/mol. The Morgan fingerprint density at radius 2 is 2.20 bits per heavy atom. The molecule has 0 spiro atoms. The van der Waals surface area contributed by atoms with Crippen LogP contribution in [0, 0.1) is 25.3 Å². The zero-order valence-corrected chi connectivity index (χ0v) is 11.9. The Morgan fingerprint density at radius 3 is 2.90 bits per heavy atom. The monoisotopic (exact) mass is 279 g/mol. The molecule has 0 saturated carbocycles. The van der Waals surface area contributed by atoms with Crippen molar-refractivity contribution in [1.82, 2.24) is 9.97 Å². The van der Waals surface area contributed by atoms with Crippen LogP contribution in [0.4, 0.5) is 0 Å². The Kier molecular flexibility index (Phi) is 3.13. The lowest BCUT2D eigenvalue weighted by Gasteiger charge is -2.08. The molecule has 0 aliphatic heterocycles. The second kappa shape index (κ2) is 4.95. The van der Waals surface area contributed by atoms with Gasteiger partial charge in [0, 0.05) is 16.3 Å². The molecule has 4 heteroatoms. The van der Waals surface area contributed by atoms with Crippen molar-refractivity contribution in [2.24, 2.45) is 0 Å². The van der Waals surface area contributed by atoms with Crippen molar-refractivity contribution in [3.05, 3.63) is 40.9 Å². The minimum Gasteiger partial charge on any atom is -0.496 e. The van der Waals surface area contributed by atoms with Crippen molar-refractivity contribution in [3.8, 4) is 28.8 Å². The van der Waals surface area contributed by atoms with E-state index in [2.05, 4.69) is 22.0 Å². The quantitative estimate of drug-likeness (QED) is 0.674. The van der Waals surface area contributed by atoms with Crippen molar-refractivity contribution >= 4 is 22.2 Å². The van der Waals surface area contributed by atoms with Crippen LogP contribution < -0.4 is 4.74 Å². The van der Waals surface area contributed by atoms with E-state index < -0.39 is 0 Å². The second-order valence-electron chi connectivity index (χ2n) is 4.26. The number of benzene rings is 1. The number of methoxy groups -OCH3 is 1. The molecule has 0 unspecified atom stereocenters. The highest BCUT2D eigenvalue weighted by Gasteiger charge is 2.10. The molecule has 2 heterocycles. The fourth-order valence-corrected chi connectivity index (χ4v) is 2.75. The molecule has 0 aliphatic carbocycles. The highest BCUT2D eigenvalue weighted by atomic mass is 32.1. The van der Waals surface area contributed by atoms with Crippen LogP contribution >= 0.6 is 11.3 Å².